The van der Waals surface area contributed by atoms with Crippen LogP contribution in [0.25, 0.3) is 0 Å². The van der Waals surface area contributed by atoms with Crippen molar-refractivity contribution in [2.75, 3.05) is 16.0 Å². The van der Waals surface area contributed by atoms with Crippen molar-refractivity contribution in [3.8, 4) is 0 Å². The van der Waals surface area contributed by atoms with Crippen molar-refractivity contribution in [3.05, 3.63) is 79.3 Å². The number of rotatable bonds is 7. The lowest BCUT2D eigenvalue weighted by atomic mass is 10.2. The van der Waals surface area contributed by atoms with Crippen LogP contribution in [-0.4, -0.2) is 15.9 Å². The summed E-state index contributed by atoms with van der Waals surface area (Å²) in [5.41, 5.74) is 7.88. The molecule has 7 heteroatoms. The zero-order chi connectivity index (χ0) is 18.4. The van der Waals surface area contributed by atoms with E-state index in [0.717, 1.165) is 11.4 Å². The van der Waals surface area contributed by atoms with E-state index in [2.05, 4.69) is 32.5 Å². The summed E-state index contributed by atoms with van der Waals surface area (Å²) < 4.78 is 0. The number of aromatic nitrogens is 2. The average molecular weight is 346 g/mol. The Hall–Kier alpha value is -3.87. The first-order valence-electron chi connectivity index (χ1n) is 7.89. The van der Waals surface area contributed by atoms with Crippen LogP contribution in [0, 0.1) is 0 Å². The molecule has 7 nitrogen and oxygen atoms in total. The van der Waals surface area contributed by atoms with Crippen molar-refractivity contribution in [1.82, 2.24) is 9.97 Å². The number of nitrogens with one attached hydrogen (secondary N) is 3. The minimum Gasteiger partial charge on any atom is -0.365 e. The molecule has 130 valence electrons. The van der Waals surface area contributed by atoms with E-state index in [1.54, 1.807) is 18.5 Å². The molecule has 5 N–H and O–H groups in total. The van der Waals surface area contributed by atoms with E-state index in [4.69, 9.17) is 5.73 Å². The first-order valence-corrected chi connectivity index (χ1v) is 7.89. The van der Waals surface area contributed by atoms with Crippen LogP contribution < -0.4 is 21.7 Å². The molecule has 2 aromatic heterocycles. The molecule has 3 rings (SSSR count). The second-order valence-electron chi connectivity index (χ2n) is 5.34. The number of para-hydroxylation sites is 2. The van der Waals surface area contributed by atoms with E-state index >= 15 is 0 Å². The predicted octanol–water partition coefficient (Wildman–Crippen LogP) is 3.62. The number of nitrogens with zero attached hydrogens (tertiary/aromatic N) is 2. The molecule has 0 spiro atoms. The quantitative estimate of drug-likeness (QED) is 0.521. The normalized spacial score (nSPS) is 10.0. The molecule has 0 saturated carbocycles. The van der Waals surface area contributed by atoms with Gasteiger partial charge in [0.1, 0.15) is 11.6 Å². The Morgan fingerprint density at radius 2 is 1.73 bits per heavy atom. The summed E-state index contributed by atoms with van der Waals surface area (Å²) in [6.07, 6.45) is 4.69. The molecule has 0 aliphatic carbocycles. The van der Waals surface area contributed by atoms with Gasteiger partial charge in [-0.3, -0.25) is 4.79 Å². The van der Waals surface area contributed by atoms with Crippen molar-refractivity contribution < 1.29 is 4.79 Å². The molecule has 0 unspecified atom stereocenters. The molecular formula is C19H18N6O. The highest BCUT2D eigenvalue weighted by atomic mass is 16.1. The standard InChI is InChI=1S/C19H18N6O/c1-2-21-14-7-3-4-8-15(14)24-16-11-18(23-12-13(16)19(20)26)25-17-9-5-6-10-22-17/h2-12,21H,1H2,(H2,20,26)(H2,22,23,24,25). The van der Waals surface area contributed by atoms with Crippen molar-refractivity contribution in [1.29, 1.82) is 0 Å². The van der Waals surface area contributed by atoms with E-state index in [1.807, 2.05) is 42.5 Å². The van der Waals surface area contributed by atoms with Crippen LogP contribution in [0.1, 0.15) is 10.4 Å². The third-order valence-corrected chi connectivity index (χ3v) is 3.54. The molecule has 1 aromatic carbocycles. The summed E-state index contributed by atoms with van der Waals surface area (Å²) in [5.74, 6) is 0.607. The smallest absolute Gasteiger partial charge is 0.252 e. The highest BCUT2D eigenvalue weighted by Crippen LogP contribution is 2.28. The fourth-order valence-corrected chi connectivity index (χ4v) is 2.36. The Morgan fingerprint density at radius 1 is 0.962 bits per heavy atom. The van der Waals surface area contributed by atoms with Gasteiger partial charge in [-0.15, -0.1) is 0 Å². The molecule has 0 atom stereocenters. The minimum absolute atomic E-state index is 0.282. The molecule has 0 fully saturated rings. The second-order valence-corrected chi connectivity index (χ2v) is 5.34. The van der Waals surface area contributed by atoms with Gasteiger partial charge in [0.15, 0.2) is 0 Å². The molecular weight excluding hydrogens is 328 g/mol. The Kier molecular flexibility index (Phi) is 5.09. The summed E-state index contributed by atoms with van der Waals surface area (Å²) in [5, 5.41) is 9.36. The van der Waals surface area contributed by atoms with Gasteiger partial charge >= 0.3 is 0 Å². The maximum Gasteiger partial charge on any atom is 0.252 e. The molecule has 0 saturated heterocycles. The Morgan fingerprint density at radius 3 is 2.42 bits per heavy atom. The number of primary amides is 1. The van der Waals surface area contributed by atoms with Crippen molar-refractivity contribution in [3.63, 3.8) is 0 Å². The van der Waals surface area contributed by atoms with Gasteiger partial charge < -0.3 is 21.7 Å². The van der Waals surface area contributed by atoms with Crippen molar-refractivity contribution >= 4 is 34.6 Å². The van der Waals surface area contributed by atoms with E-state index in [0.29, 0.717) is 17.3 Å². The van der Waals surface area contributed by atoms with Gasteiger partial charge in [0.2, 0.25) is 0 Å². The van der Waals surface area contributed by atoms with E-state index in [1.165, 1.54) is 6.20 Å². The minimum atomic E-state index is -0.571. The fraction of sp³-hybridized carbons (Fsp3) is 0. The Bertz CT molecular complexity index is 926. The molecule has 26 heavy (non-hydrogen) atoms. The van der Waals surface area contributed by atoms with Crippen molar-refractivity contribution in [2.24, 2.45) is 5.73 Å². The summed E-state index contributed by atoms with van der Waals surface area (Å²) in [7, 11) is 0. The summed E-state index contributed by atoms with van der Waals surface area (Å²) in [4.78, 5) is 20.2. The lowest BCUT2D eigenvalue weighted by Gasteiger charge is -2.15. The number of anilines is 5. The van der Waals surface area contributed by atoms with Gasteiger partial charge in [0.25, 0.3) is 5.91 Å². The topological polar surface area (TPSA) is 105 Å². The Labute approximate surface area is 151 Å². The lowest BCUT2D eigenvalue weighted by Crippen LogP contribution is -2.14. The largest absolute Gasteiger partial charge is 0.365 e. The monoisotopic (exact) mass is 346 g/mol. The number of hydrogen-bond acceptors (Lipinski definition) is 6. The maximum atomic E-state index is 11.8. The number of nitrogens with two attached hydrogens (primary N) is 1. The second kappa shape index (κ2) is 7.80. The molecule has 2 heterocycles. The molecule has 3 aromatic rings. The third-order valence-electron chi connectivity index (χ3n) is 3.54. The Balaban J connectivity index is 1.95. The lowest BCUT2D eigenvalue weighted by molar-refractivity contribution is 0.100. The molecule has 0 aliphatic rings. The van der Waals surface area contributed by atoms with Gasteiger partial charge in [0, 0.05) is 18.5 Å². The maximum absolute atomic E-state index is 11.8. The molecule has 0 aliphatic heterocycles. The molecule has 0 radical (unpaired) electrons. The van der Waals surface area contributed by atoms with Crippen LogP contribution in [0.5, 0.6) is 0 Å². The zero-order valence-corrected chi connectivity index (χ0v) is 13.9. The number of hydrogen-bond donors (Lipinski definition) is 4. The van der Waals surface area contributed by atoms with E-state index in [9.17, 15) is 4.79 Å². The molecule has 1 amide bonds. The van der Waals surface area contributed by atoms with Crippen LogP contribution in [0.15, 0.2) is 73.7 Å². The number of pyridine rings is 2. The van der Waals surface area contributed by atoms with Crippen LogP contribution in [0.4, 0.5) is 28.7 Å². The van der Waals surface area contributed by atoms with Crippen molar-refractivity contribution in [2.45, 2.75) is 0 Å². The highest BCUT2D eigenvalue weighted by Gasteiger charge is 2.12. The summed E-state index contributed by atoms with van der Waals surface area (Å²) in [6, 6.07) is 14.8. The van der Waals surface area contributed by atoms with Crippen LogP contribution in [0.3, 0.4) is 0 Å². The number of amides is 1. The highest BCUT2D eigenvalue weighted by molar-refractivity contribution is 6.00. The van der Waals surface area contributed by atoms with Crippen LogP contribution in [-0.2, 0) is 0 Å². The number of carbonyl (C=O) groups is 1. The average Bonchev–Trinajstić information content (AvgIpc) is 2.64. The predicted molar refractivity (Wildman–Crippen MR) is 104 cm³/mol. The van der Waals surface area contributed by atoms with Gasteiger partial charge in [-0.1, -0.05) is 24.8 Å². The van der Waals surface area contributed by atoms with Gasteiger partial charge in [-0.25, -0.2) is 9.97 Å². The molecule has 0 bridgehead atoms. The van der Waals surface area contributed by atoms with Crippen LogP contribution in [0.2, 0.25) is 0 Å². The van der Waals surface area contributed by atoms with Gasteiger partial charge in [-0.2, -0.15) is 0 Å². The number of carbonyl (C=O) groups excluding carboxylic acids is 1. The van der Waals surface area contributed by atoms with Gasteiger partial charge in [0.05, 0.1) is 22.6 Å². The number of benzene rings is 1. The first-order chi connectivity index (χ1) is 12.7. The zero-order valence-electron chi connectivity index (χ0n) is 13.9. The van der Waals surface area contributed by atoms with Crippen LogP contribution >= 0.6 is 0 Å². The van der Waals surface area contributed by atoms with Gasteiger partial charge in [-0.05, 0) is 30.5 Å². The first kappa shape index (κ1) is 17.0. The summed E-state index contributed by atoms with van der Waals surface area (Å²) >= 11 is 0. The SMILES string of the molecule is C=CNc1ccccc1Nc1cc(Nc2ccccn2)ncc1C(N)=O. The van der Waals surface area contributed by atoms with E-state index < -0.39 is 5.91 Å². The third kappa shape index (κ3) is 3.96. The van der Waals surface area contributed by atoms with E-state index in [-0.39, 0.29) is 5.56 Å². The fourth-order valence-electron chi connectivity index (χ4n) is 2.36. The summed E-state index contributed by atoms with van der Waals surface area (Å²) in [6.45, 7) is 3.67.